The van der Waals surface area contributed by atoms with Gasteiger partial charge in [-0.1, -0.05) is 18.2 Å². The van der Waals surface area contributed by atoms with E-state index in [0.29, 0.717) is 13.1 Å². The number of aryl methyl sites for hydroxylation is 2. The molecule has 2 aromatic carbocycles. The molecular formula is C20H21FN2O2. The van der Waals surface area contributed by atoms with Crippen LogP contribution >= 0.6 is 0 Å². The predicted octanol–water partition coefficient (Wildman–Crippen LogP) is 3.43. The van der Waals surface area contributed by atoms with E-state index >= 15 is 0 Å². The van der Waals surface area contributed by atoms with E-state index in [2.05, 4.69) is 5.32 Å². The van der Waals surface area contributed by atoms with Gasteiger partial charge in [0.05, 0.1) is 5.92 Å². The van der Waals surface area contributed by atoms with Gasteiger partial charge >= 0.3 is 0 Å². The van der Waals surface area contributed by atoms with Crippen LogP contribution in [-0.4, -0.2) is 23.3 Å². The molecule has 0 bridgehead atoms. The van der Waals surface area contributed by atoms with E-state index in [4.69, 9.17) is 0 Å². The number of carbonyl (C=O) groups is 2. The average molecular weight is 340 g/mol. The van der Waals surface area contributed by atoms with Crippen LogP contribution in [0.2, 0.25) is 0 Å². The Balaban J connectivity index is 1.63. The number of hydrogen-bond acceptors (Lipinski definition) is 2. The molecule has 1 aliphatic heterocycles. The van der Waals surface area contributed by atoms with Crippen LogP contribution in [-0.2, 0) is 16.1 Å². The number of carbonyl (C=O) groups excluding carboxylic acids is 2. The van der Waals surface area contributed by atoms with Crippen molar-refractivity contribution in [1.82, 2.24) is 4.90 Å². The molecule has 0 saturated carbocycles. The number of nitrogens with one attached hydrogen (secondary N) is 1. The van der Waals surface area contributed by atoms with Crippen LogP contribution < -0.4 is 5.32 Å². The summed E-state index contributed by atoms with van der Waals surface area (Å²) < 4.78 is 13.0. The van der Waals surface area contributed by atoms with Crippen LogP contribution in [0.4, 0.5) is 10.1 Å². The number of anilines is 1. The van der Waals surface area contributed by atoms with E-state index in [9.17, 15) is 14.0 Å². The molecule has 0 unspecified atom stereocenters. The Morgan fingerprint density at radius 2 is 1.80 bits per heavy atom. The highest BCUT2D eigenvalue weighted by Gasteiger charge is 2.34. The Kier molecular flexibility index (Phi) is 4.83. The van der Waals surface area contributed by atoms with Crippen LogP contribution in [0.15, 0.2) is 42.5 Å². The summed E-state index contributed by atoms with van der Waals surface area (Å²) in [4.78, 5) is 26.3. The van der Waals surface area contributed by atoms with Gasteiger partial charge in [0.2, 0.25) is 11.8 Å². The standard InChI is InChI=1S/C20H21FN2O2/c1-13-7-14(2)9-18(8-13)22-20(25)16-10-19(24)23(12-16)11-15-3-5-17(21)6-4-15/h3-9,16H,10-12H2,1-2H3,(H,22,25)/t16-/m0/s1. The minimum atomic E-state index is -0.367. The molecule has 130 valence electrons. The van der Waals surface area contributed by atoms with Crippen LogP contribution in [0.3, 0.4) is 0 Å². The normalized spacial score (nSPS) is 17.0. The van der Waals surface area contributed by atoms with E-state index in [-0.39, 0.29) is 30.0 Å². The lowest BCUT2D eigenvalue weighted by Gasteiger charge is -2.17. The third kappa shape index (κ3) is 4.24. The summed E-state index contributed by atoms with van der Waals surface area (Å²) in [5, 5.41) is 2.91. The SMILES string of the molecule is Cc1cc(C)cc(NC(=O)[C@H]2CC(=O)N(Cc3ccc(F)cc3)C2)c1. The Morgan fingerprint density at radius 3 is 2.44 bits per heavy atom. The Bertz CT molecular complexity index is 782. The number of hydrogen-bond donors (Lipinski definition) is 1. The van der Waals surface area contributed by atoms with Crippen molar-refractivity contribution < 1.29 is 14.0 Å². The second kappa shape index (κ2) is 7.05. The van der Waals surface area contributed by atoms with E-state index in [1.807, 2.05) is 32.0 Å². The lowest BCUT2D eigenvalue weighted by Crippen LogP contribution is -2.28. The van der Waals surface area contributed by atoms with Crippen molar-refractivity contribution in [2.75, 3.05) is 11.9 Å². The second-order valence-corrected chi connectivity index (χ2v) is 6.67. The molecule has 1 heterocycles. The van der Waals surface area contributed by atoms with E-state index in [0.717, 1.165) is 22.4 Å². The molecule has 1 fully saturated rings. The molecule has 2 aromatic rings. The van der Waals surface area contributed by atoms with Crippen LogP contribution in [0.5, 0.6) is 0 Å². The van der Waals surface area contributed by atoms with Gasteiger partial charge in [-0.2, -0.15) is 0 Å². The van der Waals surface area contributed by atoms with Gasteiger partial charge in [0.25, 0.3) is 0 Å². The van der Waals surface area contributed by atoms with Crippen molar-refractivity contribution in [2.24, 2.45) is 5.92 Å². The highest BCUT2D eigenvalue weighted by atomic mass is 19.1. The summed E-state index contributed by atoms with van der Waals surface area (Å²) >= 11 is 0. The first-order valence-electron chi connectivity index (χ1n) is 8.32. The maximum atomic E-state index is 13.0. The van der Waals surface area contributed by atoms with Crippen LogP contribution in [0, 0.1) is 25.6 Å². The van der Waals surface area contributed by atoms with E-state index in [1.54, 1.807) is 17.0 Å². The van der Waals surface area contributed by atoms with Gasteiger partial charge in [-0.25, -0.2) is 4.39 Å². The number of benzene rings is 2. The molecule has 0 spiro atoms. The monoisotopic (exact) mass is 340 g/mol. The zero-order valence-electron chi connectivity index (χ0n) is 14.4. The summed E-state index contributed by atoms with van der Waals surface area (Å²) in [7, 11) is 0. The van der Waals surface area contributed by atoms with Gasteiger partial charge in [0.1, 0.15) is 5.82 Å². The Hall–Kier alpha value is -2.69. The van der Waals surface area contributed by atoms with Gasteiger partial charge in [-0.05, 0) is 54.8 Å². The summed E-state index contributed by atoms with van der Waals surface area (Å²) in [6.45, 7) is 4.73. The average Bonchev–Trinajstić information content (AvgIpc) is 2.90. The van der Waals surface area contributed by atoms with E-state index in [1.165, 1.54) is 12.1 Å². The van der Waals surface area contributed by atoms with Gasteiger partial charge in [0, 0.05) is 25.2 Å². The highest BCUT2D eigenvalue weighted by Crippen LogP contribution is 2.23. The minimum absolute atomic E-state index is 0.0510. The zero-order chi connectivity index (χ0) is 18.0. The fraction of sp³-hybridized carbons (Fsp3) is 0.300. The maximum absolute atomic E-state index is 13.0. The fourth-order valence-electron chi connectivity index (χ4n) is 3.20. The number of nitrogens with zero attached hydrogens (tertiary/aromatic N) is 1. The number of likely N-dealkylation sites (tertiary alicyclic amines) is 1. The molecule has 1 atom stereocenters. The molecule has 0 radical (unpaired) electrons. The van der Waals surface area contributed by atoms with Gasteiger partial charge in [-0.3, -0.25) is 9.59 Å². The summed E-state index contributed by atoms with van der Waals surface area (Å²) in [5.74, 6) is -0.860. The van der Waals surface area contributed by atoms with Crippen molar-refractivity contribution in [3.63, 3.8) is 0 Å². The Labute approximate surface area is 146 Å². The first kappa shape index (κ1) is 17.1. The molecule has 2 amide bonds. The molecule has 1 aliphatic rings. The van der Waals surface area contributed by atoms with Crippen molar-refractivity contribution in [3.8, 4) is 0 Å². The van der Waals surface area contributed by atoms with E-state index < -0.39 is 0 Å². The van der Waals surface area contributed by atoms with Crippen LogP contribution in [0.1, 0.15) is 23.1 Å². The molecule has 0 aliphatic carbocycles. The first-order chi connectivity index (χ1) is 11.9. The lowest BCUT2D eigenvalue weighted by molar-refractivity contribution is -0.128. The number of rotatable bonds is 4. The van der Waals surface area contributed by atoms with Gasteiger partial charge in [0.15, 0.2) is 0 Å². The number of amides is 2. The predicted molar refractivity (Wildman–Crippen MR) is 94.5 cm³/mol. The largest absolute Gasteiger partial charge is 0.338 e. The zero-order valence-corrected chi connectivity index (χ0v) is 14.4. The smallest absolute Gasteiger partial charge is 0.229 e. The van der Waals surface area contributed by atoms with Crippen LogP contribution in [0.25, 0.3) is 0 Å². The van der Waals surface area contributed by atoms with Gasteiger partial charge < -0.3 is 10.2 Å². The van der Waals surface area contributed by atoms with Gasteiger partial charge in [-0.15, -0.1) is 0 Å². The molecule has 1 saturated heterocycles. The summed E-state index contributed by atoms with van der Waals surface area (Å²) in [6.07, 6.45) is 0.206. The molecule has 4 nitrogen and oxygen atoms in total. The Morgan fingerprint density at radius 1 is 1.16 bits per heavy atom. The molecule has 0 aromatic heterocycles. The molecule has 3 rings (SSSR count). The fourth-order valence-corrected chi connectivity index (χ4v) is 3.20. The maximum Gasteiger partial charge on any atom is 0.229 e. The quantitative estimate of drug-likeness (QED) is 0.927. The molecular weight excluding hydrogens is 319 g/mol. The summed E-state index contributed by atoms with van der Waals surface area (Å²) in [6, 6.07) is 11.9. The highest BCUT2D eigenvalue weighted by molar-refractivity contribution is 5.97. The molecule has 5 heteroatoms. The molecule has 1 N–H and O–H groups in total. The summed E-state index contributed by atoms with van der Waals surface area (Å²) in [5.41, 5.74) is 3.77. The second-order valence-electron chi connectivity index (χ2n) is 6.67. The third-order valence-electron chi connectivity index (χ3n) is 4.36. The van der Waals surface area contributed by atoms with Crippen molar-refractivity contribution in [1.29, 1.82) is 0 Å². The van der Waals surface area contributed by atoms with Crippen molar-refractivity contribution in [3.05, 3.63) is 65.0 Å². The molecule has 25 heavy (non-hydrogen) atoms. The third-order valence-corrected chi connectivity index (χ3v) is 4.36. The first-order valence-corrected chi connectivity index (χ1v) is 8.32. The lowest BCUT2D eigenvalue weighted by atomic mass is 10.1. The number of halogens is 1. The van der Waals surface area contributed by atoms with Crippen molar-refractivity contribution in [2.45, 2.75) is 26.8 Å². The topological polar surface area (TPSA) is 49.4 Å². The minimum Gasteiger partial charge on any atom is -0.338 e. The van der Waals surface area contributed by atoms with Crippen molar-refractivity contribution >= 4 is 17.5 Å².